The van der Waals surface area contributed by atoms with Gasteiger partial charge in [-0.2, -0.15) is 5.26 Å². The summed E-state index contributed by atoms with van der Waals surface area (Å²) in [4.78, 5) is 19.6. The minimum atomic E-state index is -0.475. The molecule has 0 spiro atoms. The maximum atomic E-state index is 13.9. The topological polar surface area (TPSA) is 50.6 Å². The van der Waals surface area contributed by atoms with Crippen LogP contribution in [0.25, 0.3) is 0 Å². The van der Waals surface area contributed by atoms with Gasteiger partial charge in [0, 0.05) is 56.9 Å². The molecule has 1 aromatic carbocycles. The van der Waals surface area contributed by atoms with E-state index in [4.69, 9.17) is 5.26 Å². The summed E-state index contributed by atoms with van der Waals surface area (Å²) in [5, 5.41) is 8.85. The van der Waals surface area contributed by atoms with Crippen molar-refractivity contribution < 1.29 is 9.18 Å². The van der Waals surface area contributed by atoms with Crippen LogP contribution in [-0.2, 0) is 4.79 Å². The fourth-order valence-corrected chi connectivity index (χ4v) is 4.49. The van der Waals surface area contributed by atoms with Gasteiger partial charge in [-0.05, 0) is 43.9 Å². The lowest BCUT2D eigenvalue weighted by molar-refractivity contribution is -0.138. The van der Waals surface area contributed by atoms with Crippen LogP contribution >= 0.6 is 0 Å². The lowest BCUT2D eigenvalue weighted by atomic mass is 9.90. The number of carbonyl (C=O) groups excluding carboxylic acids is 1. The minimum absolute atomic E-state index is 0.0739. The van der Waals surface area contributed by atoms with Gasteiger partial charge in [0.15, 0.2) is 0 Å². The molecule has 1 amide bonds. The van der Waals surface area contributed by atoms with Gasteiger partial charge in [0.1, 0.15) is 11.9 Å². The van der Waals surface area contributed by atoms with E-state index in [0.717, 1.165) is 63.8 Å². The zero-order valence-corrected chi connectivity index (χ0v) is 15.7. The number of hydrogen-bond acceptors (Lipinski definition) is 4. The fraction of sp³-hybridized carbons (Fsp3) is 0.619. The van der Waals surface area contributed by atoms with Crippen molar-refractivity contribution in [1.82, 2.24) is 9.80 Å². The number of piperidine rings is 1. The first kappa shape index (κ1) is 18.2. The standard InChI is InChI=1S/C21H27FN4O/c22-20-14-19(5-4-17(20)15-23)24-8-6-16(7-9-24)21(27)26-12-10-25(11-13-26)18-2-1-3-18/h4-5,14,16,18H,1-3,6-13H2. The van der Waals surface area contributed by atoms with Gasteiger partial charge in [-0.15, -0.1) is 0 Å². The molecular formula is C21H27FN4O. The molecule has 144 valence electrons. The number of carbonyl (C=O) groups is 1. The SMILES string of the molecule is N#Cc1ccc(N2CCC(C(=O)N3CCN(C4CCC4)CC3)CC2)cc1F. The summed E-state index contributed by atoms with van der Waals surface area (Å²) in [7, 11) is 0. The molecule has 2 saturated heterocycles. The van der Waals surface area contributed by atoms with E-state index in [2.05, 4.69) is 14.7 Å². The Labute approximate surface area is 160 Å². The monoisotopic (exact) mass is 370 g/mol. The van der Waals surface area contributed by atoms with Gasteiger partial charge in [-0.25, -0.2) is 4.39 Å². The number of halogens is 1. The Morgan fingerprint density at radius 3 is 2.30 bits per heavy atom. The van der Waals surface area contributed by atoms with Crippen LogP contribution in [0, 0.1) is 23.1 Å². The maximum absolute atomic E-state index is 13.9. The summed E-state index contributed by atoms with van der Waals surface area (Å²) in [6, 6.07) is 7.37. The number of benzene rings is 1. The predicted octanol–water partition coefficient (Wildman–Crippen LogP) is 2.61. The molecule has 1 saturated carbocycles. The van der Waals surface area contributed by atoms with Crippen molar-refractivity contribution >= 4 is 11.6 Å². The molecule has 5 nitrogen and oxygen atoms in total. The molecular weight excluding hydrogens is 343 g/mol. The predicted molar refractivity (Wildman–Crippen MR) is 102 cm³/mol. The minimum Gasteiger partial charge on any atom is -0.371 e. The number of piperazine rings is 1. The molecule has 6 heteroatoms. The third-order valence-electron chi connectivity index (χ3n) is 6.50. The van der Waals surface area contributed by atoms with Crippen LogP contribution in [0.3, 0.4) is 0 Å². The van der Waals surface area contributed by atoms with E-state index < -0.39 is 5.82 Å². The molecule has 3 fully saturated rings. The summed E-state index contributed by atoms with van der Waals surface area (Å²) in [5.41, 5.74) is 0.872. The maximum Gasteiger partial charge on any atom is 0.225 e. The number of anilines is 1. The Hall–Kier alpha value is -2.13. The van der Waals surface area contributed by atoms with Crippen molar-refractivity contribution in [2.75, 3.05) is 44.2 Å². The Kier molecular flexibility index (Phi) is 5.31. The first-order valence-electron chi connectivity index (χ1n) is 10.1. The average Bonchev–Trinajstić information content (AvgIpc) is 2.67. The lowest BCUT2D eigenvalue weighted by Crippen LogP contribution is -2.55. The van der Waals surface area contributed by atoms with Crippen molar-refractivity contribution in [3.05, 3.63) is 29.6 Å². The van der Waals surface area contributed by atoms with Crippen LogP contribution in [-0.4, -0.2) is 61.0 Å². The van der Waals surface area contributed by atoms with Crippen LogP contribution < -0.4 is 4.90 Å². The number of rotatable bonds is 3. The van der Waals surface area contributed by atoms with Gasteiger partial charge in [0.05, 0.1) is 5.56 Å². The highest BCUT2D eigenvalue weighted by molar-refractivity contribution is 5.79. The van der Waals surface area contributed by atoms with Crippen molar-refractivity contribution in [3.63, 3.8) is 0 Å². The Morgan fingerprint density at radius 2 is 1.74 bits per heavy atom. The van der Waals surface area contributed by atoms with Crippen LogP contribution in [0.4, 0.5) is 10.1 Å². The molecule has 0 unspecified atom stereocenters. The molecule has 0 bridgehead atoms. The number of amides is 1. The number of nitrogens with zero attached hydrogens (tertiary/aromatic N) is 4. The summed E-state index contributed by atoms with van der Waals surface area (Å²) in [6.45, 7) is 5.25. The smallest absolute Gasteiger partial charge is 0.225 e. The van der Waals surface area contributed by atoms with Gasteiger partial charge in [0.25, 0.3) is 0 Å². The Balaban J connectivity index is 1.28. The molecule has 4 rings (SSSR count). The largest absolute Gasteiger partial charge is 0.371 e. The average molecular weight is 370 g/mol. The Morgan fingerprint density at radius 1 is 1.04 bits per heavy atom. The van der Waals surface area contributed by atoms with Crippen molar-refractivity contribution in [3.8, 4) is 6.07 Å². The molecule has 27 heavy (non-hydrogen) atoms. The molecule has 2 aliphatic heterocycles. The molecule has 1 aliphatic carbocycles. The van der Waals surface area contributed by atoms with Crippen LogP contribution in [0.5, 0.6) is 0 Å². The Bertz CT molecular complexity index is 726. The van der Waals surface area contributed by atoms with E-state index in [9.17, 15) is 9.18 Å². The van der Waals surface area contributed by atoms with E-state index in [1.165, 1.54) is 31.4 Å². The molecule has 0 aromatic heterocycles. The third-order valence-corrected chi connectivity index (χ3v) is 6.50. The highest BCUT2D eigenvalue weighted by Crippen LogP contribution is 2.28. The first-order valence-corrected chi connectivity index (χ1v) is 10.1. The van der Waals surface area contributed by atoms with Crippen molar-refractivity contribution in [2.24, 2.45) is 5.92 Å². The summed E-state index contributed by atoms with van der Waals surface area (Å²) in [5.74, 6) is -0.0915. The van der Waals surface area contributed by atoms with Crippen molar-refractivity contribution in [2.45, 2.75) is 38.1 Å². The quantitative estimate of drug-likeness (QED) is 0.821. The molecule has 0 atom stereocenters. The zero-order chi connectivity index (χ0) is 18.8. The molecule has 2 heterocycles. The second kappa shape index (κ2) is 7.85. The molecule has 1 aromatic rings. The molecule has 0 N–H and O–H groups in total. The summed E-state index contributed by atoms with van der Waals surface area (Å²) >= 11 is 0. The van der Waals surface area contributed by atoms with E-state index in [0.29, 0.717) is 5.91 Å². The summed E-state index contributed by atoms with van der Waals surface area (Å²) < 4.78 is 13.9. The summed E-state index contributed by atoms with van der Waals surface area (Å²) in [6.07, 6.45) is 5.61. The van der Waals surface area contributed by atoms with E-state index in [-0.39, 0.29) is 11.5 Å². The van der Waals surface area contributed by atoms with Crippen molar-refractivity contribution in [1.29, 1.82) is 5.26 Å². The fourth-order valence-electron chi connectivity index (χ4n) is 4.49. The van der Waals surface area contributed by atoms with Gasteiger partial charge in [-0.3, -0.25) is 9.69 Å². The molecule has 0 radical (unpaired) electrons. The second-order valence-electron chi connectivity index (χ2n) is 7.98. The van der Waals surface area contributed by atoms with Crippen LogP contribution in [0.2, 0.25) is 0 Å². The zero-order valence-electron chi connectivity index (χ0n) is 15.7. The highest BCUT2D eigenvalue weighted by atomic mass is 19.1. The van der Waals surface area contributed by atoms with Gasteiger partial charge in [-0.1, -0.05) is 6.42 Å². The van der Waals surface area contributed by atoms with Gasteiger partial charge in [0.2, 0.25) is 5.91 Å². The van der Waals surface area contributed by atoms with Gasteiger partial charge >= 0.3 is 0 Å². The normalized spacial score (nSPS) is 22.4. The second-order valence-corrected chi connectivity index (χ2v) is 7.98. The lowest BCUT2D eigenvalue weighted by Gasteiger charge is -2.44. The van der Waals surface area contributed by atoms with Crippen LogP contribution in [0.15, 0.2) is 18.2 Å². The molecule has 3 aliphatic rings. The van der Waals surface area contributed by atoms with E-state index in [1.807, 2.05) is 6.07 Å². The van der Waals surface area contributed by atoms with E-state index >= 15 is 0 Å². The van der Waals surface area contributed by atoms with E-state index in [1.54, 1.807) is 6.07 Å². The number of nitriles is 1. The highest BCUT2D eigenvalue weighted by Gasteiger charge is 2.33. The van der Waals surface area contributed by atoms with Crippen LogP contribution in [0.1, 0.15) is 37.7 Å². The first-order chi connectivity index (χ1) is 13.2. The third kappa shape index (κ3) is 3.79. The number of hydrogen-bond donors (Lipinski definition) is 0. The van der Waals surface area contributed by atoms with Gasteiger partial charge < -0.3 is 9.80 Å².